The van der Waals surface area contributed by atoms with E-state index < -0.39 is 17.8 Å². The minimum absolute atomic E-state index is 0.246. The van der Waals surface area contributed by atoms with E-state index in [0.29, 0.717) is 17.1 Å². The van der Waals surface area contributed by atoms with Gasteiger partial charge in [-0.05, 0) is 31.0 Å². The molecular weight excluding hydrogens is 304 g/mol. The summed E-state index contributed by atoms with van der Waals surface area (Å²) in [5.74, 6) is 0.994. The zero-order chi connectivity index (χ0) is 17.2. The van der Waals surface area contributed by atoms with Gasteiger partial charge in [-0.15, -0.1) is 5.06 Å². The Bertz CT molecular complexity index is 577. The monoisotopic (exact) mass is 326 g/mol. The van der Waals surface area contributed by atoms with E-state index in [0.717, 1.165) is 0 Å². The van der Waals surface area contributed by atoms with E-state index in [1.54, 1.807) is 25.1 Å². The lowest BCUT2D eigenvalue weighted by Gasteiger charge is -2.45. The highest BCUT2D eigenvalue weighted by molar-refractivity contribution is 5.44. The van der Waals surface area contributed by atoms with E-state index in [2.05, 4.69) is 0 Å². The van der Waals surface area contributed by atoms with Crippen molar-refractivity contribution in [3.8, 4) is 11.5 Å². The average Bonchev–Trinajstić information content (AvgIpc) is 2.52. The molecule has 1 aliphatic heterocycles. The van der Waals surface area contributed by atoms with Crippen molar-refractivity contribution < 1.29 is 24.3 Å². The first-order valence-corrected chi connectivity index (χ1v) is 7.27. The molecular formula is C15H22N2O6. The first-order valence-electron chi connectivity index (χ1n) is 7.27. The third-order valence-corrected chi connectivity index (χ3v) is 4.22. The summed E-state index contributed by atoms with van der Waals surface area (Å²) in [5, 5.41) is 23.3. The van der Waals surface area contributed by atoms with Crippen LogP contribution in [0.4, 0.5) is 0 Å². The van der Waals surface area contributed by atoms with Gasteiger partial charge in [0.2, 0.25) is 6.04 Å². The Kier molecular flexibility index (Phi) is 5.08. The second-order valence-corrected chi connectivity index (χ2v) is 5.68. The normalized spacial score (nSPS) is 28.4. The van der Waals surface area contributed by atoms with Crippen LogP contribution in [-0.4, -0.2) is 48.2 Å². The number of piperidine rings is 1. The molecule has 0 bridgehead atoms. The Labute approximate surface area is 134 Å². The lowest BCUT2D eigenvalue weighted by Crippen LogP contribution is -2.56. The third kappa shape index (κ3) is 3.24. The van der Waals surface area contributed by atoms with Crippen molar-refractivity contribution >= 4 is 0 Å². The Morgan fingerprint density at radius 2 is 1.96 bits per heavy atom. The van der Waals surface area contributed by atoms with E-state index >= 15 is 0 Å². The number of hydrogen-bond donors (Lipinski definition) is 1. The molecule has 0 unspecified atom stereocenters. The number of hydrogen-bond acceptors (Lipinski definition) is 7. The number of rotatable bonds is 5. The molecule has 1 N–H and O–H groups in total. The van der Waals surface area contributed by atoms with Crippen molar-refractivity contribution in [1.29, 1.82) is 0 Å². The maximum absolute atomic E-state index is 11.5. The van der Waals surface area contributed by atoms with Gasteiger partial charge in [0, 0.05) is 11.3 Å². The summed E-state index contributed by atoms with van der Waals surface area (Å²) >= 11 is 0. The summed E-state index contributed by atoms with van der Waals surface area (Å²) in [6.07, 6.45) is 0.495. The van der Waals surface area contributed by atoms with Gasteiger partial charge in [-0.25, -0.2) is 0 Å². The molecule has 0 aliphatic carbocycles. The molecule has 0 amide bonds. The van der Waals surface area contributed by atoms with Crippen molar-refractivity contribution in [2.24, 2.45) is 0 Å². The number of benzene rings is 1. The standard InChI is InChI=1S/C15H22N2O6/c1-15(18)8-7-11(17(19)20)14(16(15)23-4)10-5-6-12(21-2)13(9-10)22-3/h5-6,9,11,14,18H,7-8H2,1-4H3/t11-,14+,15+/m0/s1. The van der Waals surface area contributed by atoms with Crippen molar-refractivity contribution in [3.63, 3.8) is 0 Å². The highest BCUT2D eigenvalue weighted by Gasteiger charge is 2.50. The Balaban J connectivity index is 2.51. The molecule has 3 atom stereocenters. The van der Waals surface area contributed by atoms with Crippen LogP contribution in [0.15, 0.2) is 18.2 Å². The van der Waals surface area contributed by atoms with Crippen LogP contribution in [0.5, 0.6) is 11.5 Å². The second kappa shape index (κ2) is 6.69. The van der Waals surface area contributed by atoms with E-state index in [1.807, 2.05) is 0 Å². The topological polar surface area (TPSA) is 94.3 Å². The van der Waals surface area contributed by atoms with Crippen molar-refractivity contribution in [3.05, 3.63) is 33.9 Å². The third-order valence-electron chi connectivity index (χ3n) is 4.22. The van der Waals surface area contributed by atoms with Crippen molar-refractivity contribution in [1.82, 2.24) is 5.06 Å². The van der Waals surface area contributed by atoms with Crippen LogP contribution < -0.4 is 9.47 Å². The van der Waals surface area contributed by atoms with Gasteiger partial charge in [-0.1, -0.05) is 6.07 Å². The number of nitro groups is 1. The van der Waals surface area contributed by atoms with Crippen LogP contribution >= 0.6 is 0 Å². The van der Waals surface area contributed by atoms with E-state index in [1.165, 1.54) is 26.4 Å². The van der Waals surface area contributed by atoms with Crippen molar-refractivity contribution in [2.75, 3.05) is 21.3 Å². The molecule has 0 aromatic heterocycles. The van der Waals surface area contributed by atoms with Gasteiger partial charge in [-0.3, -0.25) is 15.0 Å². The lowest BCUT2D eigenvalue weighted by molar-refractivity contribution is -0.551. The highest BCUT2D eigenvalue weighted by atomic mass is 16.7. The summed E-state index contributed by atoms with van der Waals surface area (Å²) in [5.41, 5.74) is -0.676. The molecule has 23 heavy (non-hydrogen) atoms. The predicted molar refractivity (Wildman–Crippen MR) is 81.8 cm³/mol. The molecule has 2 rings (SSSR count). The number of nitrogens with zero attached hydrogens (tertiary/aromatic N) is 2. The van der Waals surface area contributed by atoms with Gasteiger partial charge < -0.3 is 14.6 Å². The fourth-order valence-corrected chi connectivity index (χ4v) is 3.07. The summed E-state index contributed by atoms with van der Waals surface area (Å²) in [7, 11) is 4.41. The maximum Gasteiger partial charge on any atom is 0.235 e. The minimum Gasteiger partial charge on any atom is -0.493 e. The van der Waals surface area contributed by atoms with Crippen LogP contribution in [0.1, 0.15) is 31.4 Å². The van der Waals surface area contributed by atoms with Crippen LogP contribution in [-0.2, 0) is 4.84 Å². The molecule has 0 saturated carbocycles. The summed E-state index contributed by atoms with van der Waals surface area (Å²) in [4.78, 5) is 16.4. The molecule has 0 spiro atoms. The SMILES string of the molecule is COc1ccc([C@@H]2[C@@H]([N+](=O)[O-])CC[C@@](C)(O)N2OC)cc1OC. The van der Waals surface area contributed by atoms with Crippen LogP contribution in [0.2, 0.25) is 0 Å². The fourth-order valence-electron chi connectivity index (χ4n) is 3.07. The number of methoxy groups -OCH3 is 2. The predicted octanol–water partition coefficient (Wildman–Crippen LogP) is 1.76. The van der Waals surface area contributed by atoms with E-state index in [-0.39, 0.29) is 17.8 Å². The largest absolute Gasteiger partial charge is 0.493 e. The fraction of sp³-hybridized carbons (Fsp3) is 0.600. The van der Waals surface area contributed by atoms with Gasteiger partial charge >= 0.3 is 0 Å². The Morgan fingerprint density at radius 1 is 1.30 bits per heavy atom. The zero-order valence-corrected chi connectivity index (χ0v) is 13.7. The quantitative estimate of drug-likeness (QED) is 0.650. The van der Waals surface area contributed by atoms with E-state index in [4.69, 9.17) is 14.3 Å². The van der Waals surface area contributed by atoms with Crippen LogP contribution in [0.3, 0.4) is 0 Å². The van der Waals surface area contributed by atoms with Crippen LogP contribution in [0, 0.1) is 10.1 Å². The summed E-state index contributed by atoms with van der Waals surface area (Å²) in [6, 6.07) is 3.44. The van der Waals surface area contributed by atoms with Crippen LogP contribution in [0.25, 0.3) is 0 Å². The highest BCUT2D eigenvalue weighted by Crippen LogP contribution is 2.42. The van der Waals surface area contributed by atoms with Gasteiger partial charge in [0.25, 0.3) is 0 Å². The number of aliphatic hydroxyl groups is 1. The van der Waals surface area contributed by atoms with Gasteiger partial charge in [-0.2, -0.15) is 0 Å². The molecule has 0 radical (unpaired) electrons. The van der Waals surface area contributed by atoms with Gasteiger partial charge in [0.1, 0.15) is 11.8 Å². The van der Waals surface area contributed by atoms with E-state index in [9.17, 15) is 15.2 Å². The smallest absolute Gasteiger partial charge is 0.235 e. The summed E-state index contributed by atoms with van der Waals surface area (Å²) in [6.45, 7) is 1.58. The van der Waals surface area contributed by atoms with Gasteiger partial charge in [0.05, 0.1) is 21.3 Å². The Hall–Kier alpha value is -1.90. The lowest BCUT2D eigenvalue weighted by atomic mass is 9.87. The molecule has 8 nitrogen and oxygen atoms in total. The minimum atomic E-state index is -1.29. The molecule has 1 aliphatic rings. The molecule has 128 valence electrons. The van der Waals surface area contributed by atoms with Crippen molar-refractivity contribution in [2.45, 2.75) is 37.6 Å². The molecule has 1 saturated heterocycles. The molecule has 8 heteroatoms. The second-order valence-electron chi connectivity index (χ2n) is 5.68. The first-order chi connectivity index (χ1) is 10.9. The number of ether oxygens (including phenoxy) is 2. The molecule has 1 fully saturated rings. The number of hydroxylamine groups is 2. The van der Waals surface area contributed by atoms with Gasteiger partial charge in [0.15, 0.2) is 11.5 Å². The average molecular weight is 326 g/mol. The first kappa shape index (κ1) is 17.5. The molecule has 1 heterocycles. The Morgan fingerprint density at radius 3 is 2.48 bits per heavy atom. The summed E-state index contributed by atoms with van der Waals surface area (Å²) < 4.78 is 10.5. The zero-order valence-electron chi connectivity index (χ0n) is 13.7. The molecule has 1 aromatic carbocycles. The maximum atomic E-state index is 11.5. The molecule has 1 aromatic rings.